The minimum Gasteiger partial charge on any atom is -0.486 e. The summed E-state index contributed by atoms with van der Waals surface area (Å²) in [7, 11) is 1.95. The number of ether oxygens (including phenoxy) is 1. The first-order valence-corrected chi connectivity index (χ1v) is 13.0. The molecule has 36 heavy (non-hydrogen) atoms. The Labute approximate surface area is 215 Å². The zero-order chi connectivity index (χ0) is 25.6. The molecule has 4 aromatic rings. The van der Waals surface area contributed by atoms with Crippen molar-refractivity contribution < 1.29 is 4.74 Å². The van der Waals surface area contributed by atoms with Crippen LogP contribution in [0, 0.1) is 20.8 Å². The molecule has 0 aliphatic carbocycles. The van der Waals surface area contributed by atoms with Crippen LogP contribution in [0.25, 0.3) is 11.0 Å². The van der Waals surface area contributed by atoms with E-state index in [0.717, 1.165) is 42.8 Å². The zero-order valence-corrected chi connectivity index (χ0v) is 22.7. The molecule has 1 atom stereocenters. The van der Waals surface area contributed by atoms with E-state index in [4.69, 9.17) is 4.74 Å². The summed E-state index contributed by atoms with van der Waals surface area (Å²) in [6, 6.07) is 18.0. The van der Waals surface area contributed by atoms with Gasteiger partial charge in [0.1, 0.15) is 16.9 Å². The fraction of sp³-hybridized carbons (Fsp3) is 0.419. The number of rotatable bonds is 5. The lowest BCUT2D eigenvalue weighted by molar-refractivity contribution is 0.0682. The number of benzene rings is 3. The molecule has 0 radical (unpaired) electrons. The van der Waals surface area contributed by atoms with Crippen molar-refractivity contribution in [2.75, 3.05) is 6.54 Å². The topological polar surface area (TPSA) is 43.2 Å². The highest BCUT2D eigenvalue weighted by Gasteiger charge is 2.29. The molecule has 5 heteroatoms. The van der Waals surface area contributed by atoms with Gasteiger partial charge in [-0.3, -0.25) is 4.90 Å². The van der Waals surface area contributed by atoms with E-state index in [9.17, 15) is 0 Å². The molecule has 5 rings (SSSR count). The molecule has 1 aliphatic heterocycles. The Morgan fingerprint density at radius 2 is 1.83 bits per heavy atom. The van der Waals surface area contributed by atoms with Crippen molar-refractivity contribution in [1.29, 1.82) is 0 Å². The van der Waals surface area contributed by atoms with Crippen molar-refractivity contribution in [2.45, 2.75) is 72.6 Å². The van der Waals surface area contributed by atoms with Gasteiger partial charge >= 0.3 is 0 Å². The highest BCUT2D eigenvalue weighted by atomic mass is 16.5. The second kappa shape index (κ2) is 9.36. The number of hydrogen-bond donors (Lipinski definition) is 0. The summed E-state index contributed by atoms with van der Waals surface area (Å²) in [5.74, 6) is 1.34. The first-order valence-electron chi connectivity index (χ1n) is 13.0. The Balaban J connectivity index is 1.48. The molecule has 0 fully saturated rings. The minimum atomic E-state index is -0.249. The highest BCUT2D eigenvalue weighted by Crippen LogP contribution is 2.35. The van der Waals surface area contributed by atoms with Gasteiger partial charge in [0.25, 0.3) is 0 Å². The monoisotopic (exact) mass is 482 g/mol. The molecule has 0 saturated heterocycles. The zero-order valence-electron chi connectivity index (χ0n) is 22.7. The van der Waals surface area contributed by atoms with Gasteiger partial charge in [0.05, 0.1) is 5.52 Å². The largest absolute Gasteiger partial charge is 0.486 e. The van der Waals surface area contributed by atoms with Crippen LogP contribution in [0.2, 0.25) is 0 Å². The van der Waals surface area contributed by atoms with Crippen molar-refractivity contribution in [2.24, 2.45) is 7.05 Å². The smallest absolute Gasteiger partial charge is 0.124 e. The lowest BCUT2D eigenvalue weighted by Crippen LogP contribution is -2.40. The molecule has 1 aromatic heterocycles. The van der Waals surface area contributed by atoms with E-state index in [1.54, 1.807) is 0 Å². The predicted molar refractivity (Wildman–Crippen MR) is 147 cm³/mol. The summed E-state index contributed by atoms with van der Waals surface area (Å²) < 4.78 is 8.28. The van der Waals surface area contributed by atoms with Crippen LogP contribution in [0.3, 0.4) is 0 Å². The number of hydrogen-bond acceptors (Lipinski definition) is 4. The SMILES string of the molecule is CC[C@@H](c1ccc(C)c(CN2Cc3cc(C)ccc3OC(C)(C)C2)c1)c1ccc2c(nnn2C)c1C. The van der Waals surface area contributed by atoms with Crippen LogP contribution in [0.5, 0.6) is 5.75 Å². The number of aryl methyl sites for hydroxylation is 4. The summed E-state index contributed by atoms with van der Waals surface area (Å²) in [5.41, 5.74) is 11.0. The molecule has 5 nitrogen and oxygen atoms in total. The molecular formula is C31H38N4O. The maximum atomic E-state index is 6.43. The molecule has 0 bridgehead atoms. The Hall–Kier alpha value is -3.18. The van der Waals surface area contributed by atoms with Crippen LogP contribution in [-0.2, 0) is 20.1 Å². The average Bonchev–Trinajstić information content (AvgIpc) is 3.14. The van der Waals surface area contributed by atoms with Gasteiger partial charge in [-0.2, -0.15) is 0 Å². The van der Waals surface area contributed by atoms with Gasteiger partial charge in [0.2, 0.25) is 0 Å². The normalized spacial score (nSPS) is 16.4. The van der Waals surface area contributed by atoms with Gasteiger partial charge in [-0.1, -0.05) is 54.1 Å². The first kappa shape index (κ1) is 24.5. The molecule has 0 unspecified atom stereocenters. The maximum absolute atomic E-state index is 6.43. The van der Waals surface area contributed by atoms with Gasteiger partial charge in [0.15, 0.2) is 0 Å². The van der Waals surface area contributed by atoms with Crippen LogP contribution >= 0.6 is 0 Å². The third kappa shape index (κ3) is 4.64. The quantitative estimate of drug-likeness (QED) is 0.321. The third-order valence-electron chi connectivity index (χ3n) is 7.63. The molecular weight excluding hydrogens is 444 g/mol. The molecule has 2 heterocycles. The van der Waals surface area contributed by atoms with E-state index in [1.807, 2.05) is 11.7 Å². The number of nitrogens with zero attached hydrogens (tertiary/aromatic N) is 4. The predicted octanol–water partition coefficient (Wildman–Crippen LogP) is 6.61. The summed E-state index contributed by atoms with van der Waals surface area (Å²) in [6.07, 6.45) is 1.03. The van der Waals surface area contributed by atoms with E-state index in [1.165, 1.54) is 38.9 Å². The van der Waals surface area contributed by atoms with Crippen molar-refractivity contribution >= 4 is 11.0 Å². The summed E-state index contributed by atoms with van der Waals surface area (Å²) in [5, 5.41) is 8.68. The Bertz CT molecular complexity index is 1420. The molecule has 3 aromatic carbocycles. The third-order valence-corrected chi connectivity index (χ3v) is 7.63. The molecule has 0 N–H and O–H groups in total. The van der Waals surface area contributed by atoms with Crippen LogP contribution in [0.15, 0.2) is 48.5 Å². The van der Waals surface area contributed by atoms with Gasteiger partial charge < -0.3 is 4.74 Å². The molecule has 0 amide bonds. The van der Waals surface area contributed by atoms with E-state index < -0.39 is 0 Å². The van der Waals surface area contributed by atoms with E-state index in [-0.39, 0.29) is 5.60 Å². The van der Waals surface area contributed by atoms with Gasteiger partial charge in [-0.05, 0) is 81.0 Å². The summed E-state index contributed by atoms with van der Waals surface area (Å²) in [4.78, 5) is 2.54. The van der Waals surface area contributed by atoms with Crippen molar-refractivity contribution in [3.63, 3.8) is 0 Å². The maximum Gasteiger partial charge on any atom is 0.124 e. The van der Waals surface area contributed by atoms with Crippen LogP contribution in [0.4, 0.5) is 0 Å². The first-order chi connectivity index (χ1) is 17.1. The fourth-order valence-corrected chi connectivity index (χ4v) is 5.79. The Morgan fingerprint density at radius 1 is 1.03 bits per heavy atom. The Morgan fingerprint density at radius 3 is 2.61 bits per heavy atom. The molecule has 0 spiro atoms. The van der Waals surface area contributed by atoms with Gasteiger partial charge in [-0.15, -0.1) is 5.10 Å². The van der Waals surface area contributed by atoms with Crippen LogP contribution in [-0.4, -0.2) is 32.0 Å². The van der Waals surface area contributed by atoms with Crippen molar-refractivity contribution in [1.82, 2.24) is 19.9 Å². The second-order valence-electron chi connectivity index (χ2n) is 11.1. The van der Waals surface area contributed by atoms with Crippen molar-refractivity contribution in [3.05, 3.63) is 87.5 Å². The summed E-state index contributed by atoms with van der Waals surface area (Å²) in [6.45, 7) is 15.9. The van der Waals surface area contributed by atoms with E-state index in [2.05, 4.69) is 105 Å². The second-order valence-corrected chi connectivity index (χ2v) is 11.1. The van der Waals surface area contributed by atoms with Gasteiger partial charge in [0, 0.05) is 38.2 Å². The van der Waals surface area contributed by atoms with E-state index in [0.29, 0.717) is 5.92 Å². The van der Waals surface area contributed by atoms with E-state index >= 15 is 0 Å². The average molecular weight is 483 g/mol. The number of fused-ring (bicyclic) bond motifs is 2. The molecule has 0 saturated carbocycles. The molecule has 1 aliphatic rings. The minimum absolute atomic E-state index is 0.249. The van der Waals surface area contributed by atoms with Gasteiger partial charge in [-0.25, -0.2) is 4.68 Å². The fourth-order valence-electron chi connectivity index (χ4n) is 5.79. The lowest BCUT2D eigenvalue weighted by Gasteiger charge is -2.30. The van der Waals surface area contributed by atoms with Crippen LogP contribution < -0.4 is 4.74 Å². The van der Waals surface area contributed by atoms with Crippen LogP contribution in [0.1, 0.15) is 72.1 Å². The number of aromatic nitrogens is 3. The summed E-state index contributed by atoms with van der Waals surface area (Å²) >= 11 is 0. The highest BCUT2D eigenvalue weighted by molar-refractivity contribution is 5.79. The van der Waals surface area contributed by atoms with Crippen molar-refractivity contribution in [3.8, 4) is 5.75 Å². The molecule has 188 valence electrons. The standard InChI is InChI=1S/C31H38N4O/c1-8-26(27-12-13-28-30(22(27)4)32-33-34(28)7)23-11-10-21(3)24(16-23)17-35-18-25-15-20(2)9-14-29(25)36-31(5,6)19-35/h9-16,26H,8,17-19H2,1-7H3/t26-/m0/s1. The lowest BCUT2D eigenvalue weighted by atomic mass is 9.85. The Kier molecular flexibility index (Phi) is 6.37.